The lowest BCUT2D eigenvalue weighted by Gasteiger charge is -1.95. The first-order chi connectivity index (χ1) is 8.76. The van der Waals surface area contributed by atoms with E-state index in [0.717, 1.165) is 22.1 Å². The van der Waals surface area contributed by atoms with E-state index in [-0.39, 0.29) is 12.4 Å². The van der Waals surface area contributed by atoms with Crippen LogP contribution in [0, 0.1) is 5.82 Å². The summed E-state index contributed by atoms with van der Waals surface area (Å²) in [6, 6.07) is 13.6. The molecule has 1 N–H and O–H groups in total. The quantitative estimate of drug-likeness (QED) is 0.742. The highest BCUT2D eigenvalue weighted by Gasteiger charge is 2.06. The molecule has 0 aliphatic heterocycles. The topological polar surface area (TPSA) is 33.4 Å². The highest BCUT2D eigenvalue weighted by molar-refractivity contribution is 5.83. The molecule has 0 amide bonds. The van der Waals surface area contributed by atoms with Crippen molar-refractivity contribution in [3.63, 3.8) is 0 Å². The highest BCUT2D eigenvalue weighted by Crippen LogP contribution is 2.28. The molecule has 1 aromatic heterocycles. The minimum absolute atomic E-state index is 0.00695. The minimum atomic E-state index is -0.266. The van der Waals surface area contributed by atoms with E-state index in [0.29, 0.717) is 5.76 Å². The van der Waals surface area contributed by atoms with Crippen LogP contribution >= 0.6 is 0 Å². The van der Waals surface area contributed by atoms with E-state index in [2.05, 4.69) is 0 Å². The molecule has 0 fully saturated rings. The maximum atomic E-state index is 12.8. The summed E-state index contributed by atoms with van der Waals surface area (Å²) < 4.78 is 18.5. The fourth-order valence-corrected chi connectivity index (χ4v) is 1.95. The van der Waals surface area contributed by atoms with E-state index in [1.807, 2.05) is 24.3 Å². The Morgan fingerprint density at radius 1 is 1.00 bits per heavy atom. The zero-order chi connectivity index (χ0) is 12.5. The monoisotopic (exact) mass is 242 g/mol. The zero-order valence-corrected chi connectivity index (χ0v) is 9.56. The fraction of sp³-hybridized carbons (Fsp3) is 0.0667. The molecule has 0 bridgehead atoms. The number of aliphatic hydroxyl groups excluding tert-OH is 1. The number of fused-ring (bicyclic) bond motifs is 1. The van der Waals surface area contributed by atoms with Gasteiger partial charge in [-0.05, 0) is 48.0 Å². The van der Waals surface area contributed by atoms with Gasteiger partial charge < -0.3 is 9.52 Å². The molecule has 90 valence electrons. The normalized spacial score (nSPS) is 11.0. The summed E-state index contributed by atoms with van der Waals surface area (Å²) in [7, 11) is 0. The van der Waals surface area contributed by atoms with Gasteiger partial charge in [-0.2, -0.15) is 0 Å². The van der Waals surface area contributed by atoms with Gasteiger partial charge in [0.15, 0.2) is 0 Å². The van der Waals surface area contributed by atoms with Crippen molar-refractivity contribution in [3.05, 3.63) is 59.9 Å². The lowest BCUT2D eigenvalue weighted by Crippen LogP contribution is -1.79. The van der Waals surface area contributed by atoms with Crippen molar-refractivity contribution in [2.45, 2.75) is 6.61 Å². The van der Waals surface area contributed by atoms with Crippen LogP contribution in [-0.2, 0) is 6.61 Å². The molecule has 18 heavy (non-hydrogen) atoms. The van der Waals surface area contributed by atoms with E-state index in [9.17, 15) is 4.39 Å². The minimum Gasteiger partial charge on any atom is -0.456 e. The number of benzene rings is 2. The molecule has 3 aromatic rings. The Kier molecular flexibility index (Phi) is 2.61. The summed E-state index contributed by atoms with van der Waals surface area (Å²) in [4.78, 5) is 0. The molecule has 0 saturated carbocycles. The first kappa shape index (κ1) is 11.0. The molecule has 2 nitrogen and oxygen atoms in total. The summed E-state index contributed by atoms with van der Waals surface area (Å²) in [6.07, 6.45) is 0. The van der Waals surface area contributed by atoms with Gasteiger partial charge in [0, 0.05) is 10.9 Å². The molecule has 0 unspecified atom stereocenters. The lowest BCUT2D eigenvalue weighted by atomic mass is 10.1. The van der Waals surface area contributed by atoms with Crippen molar-refractivity contribution >= 4 is 11.0 Å². The maximum absolute atomic E-state index is 12.8. The van der Waals surface area contributed by atoms with Crippen LogP contribution < -0.4 is 0 Å². The van der Waals surface area contributed by atoms with Gasteiger partial charge in [-0.15, -0.1) is 0 Å². The molecule has 0 spiro atoms. The predicted octanol–water partition coefficient (Wildman–Crippen LogP) is 3.73. The molecule has 0 radical (unpaired) electrons. The Morgan fingerprint density at radius 2 is 1.78 bits per heavy atom. The van der Waals surface area contributed by atoms with E-state index >= 15 is 0 Å². The predicted molar refractivity (Wildman–Crippen MR) is 67.5 cm³/mol. The van der Waals surface area contributed by atoms with Gasteiger partial charge in [-0.25, -0.2) is 4.39 Å². The third-order valence-electron chi connectivity index (χ3n) is 2.89. The second kappa shape index (κ2) is 4.27. The van der Waals surface area contributed by atoms with E-state index in [4.69, 9.17) is 9.52 Å². The van der Waals surface area contributed by atoms with Gasteiger partial charge in [0.2, 0.25) is 0 Å². The summed E-state index contributed by atoms with van der Waals surface area (Å²) in [5, 5.41) is 10.0. The van der Waals surface area contributed by atoms with E-state index in [1.165, 1.54) is 12.1 Å². The molecule has 0 saturated heterocycles. The molecule has 0 atom stereocenters. The summed E-state index contributed by atoms with van der Waals surface area (Å²) >= 11 is 0. The second-order valence-corrected chi connectivity index (χ2v) is 4.15. The van der Waals surface area contributed by atoms with Gasteiger partial charge >= 0.3 is 0 Å². The number of hydrogen-bond donors (Lipinski definition) is 1. The van der Waals surface area contributed by atoms with Crippen LogP contribution in [0.2, 0.25) is 0 Å². The first-order valence-corrected chi connectivity index (χ1v) is 5.65. The molecule has 0 aliphatic rings. The van der Waals surface area contributed by atoms with E-state index < -0.39 is 0 Å². The number of rotatable bonds is 2. The highest BCUT2D eigenvalue weighted by atomic mass is 19.1. The van der Waals surface area contributed by atoms with Crippen molar-refractivity contribution in [1.29, 1.82) is 0 Å². The smallest absolute Gasteiger partial charge is 0.135 e. The van der Waals surface area contributed by atoms with Crippen molar-refractivity contribution in [2.75, 3.05) is 0 Å². The van der Waals surface area contributed by atoms with Crippen molar-refractivity contribution in [2.24, 2.45) is 0 Å². The maximum Gasteiger partial charge on any atom is 0.135 e. The number of halogens is 1. The lowest BCUT2D eigenvalue weighted by molar-refractivity contribution is 0.282. The van der Waals surface area contributed by atoms with Crippen molar-refractivity contribution in [3.8, 4) is 11.3 Å². The van der Waals surface area contributed by atoms with Gasteiger partial charge in [-0.3, -0.25) is 0 Å². The Hall–Kier alpha value is -2.13. The van der Waals surface area contributed by atoms with Gasteiger partial charge in [-0.1, -0.05) is 6.07 Å². The van der Waals surface area contributed by atoms with Gasteiger partial charge in [0.25, 0.3) is 0 Å². The Morgan fingerprint density at radius 3 is 2.50 bits per heavy atom. The molecular weight excluding hydrogens is 231 g/mol. The third-order valence-corrected chi connectivity index (χ3v) is 2.89. The molecule has 2 aromatic carbocycles. The van der Waals surface area contributed by atoms with Crippen LogP contribution in [0.1, 0.15) is 5.56 Å². The standard InChI is InChI=1S/C15H11FO2/c16-13-4-2-11(3-5-13)15-8-12-7-10(9-17)1-6-14(12)18-15/h1-8,17H,9H2. The van der Waals surface area contributed by atoms with Gasteiger partial charge in [0.1, 0.15) is 17.2 Å². The summed E-state index contributed by atoms with van der Waals surface area (Å²) in [5.74, 6) is 0.428. The van der Waals surface area contributed by atoms with Gasteiger partial charge in [0.05, 0.1) is 6.61 Å². The fourth-order valence-electron chi connectivity index (χ4n) is 1.95. The number of aliphatic hydroxyl groups is 1. The average Bonchev–Trinajstić information content (AvgIpc) is 2.82. The molecular formula is C15H11FO2. The molecule has 3 rings (SSSR count). The van der Waals surface area contributed by atoms with Crippen molar-refractivity contribution in [1.82, 2.24) is 0 Å². The van der Waals surface area contributed by atoms with Crippen LogP contribution in [0.15, 0.2) is 52.9 Å². The zero-order valence-electron chi connectivity index (χ0n) is 9.56. The van der Waals surface area contributed by atoms with Crippen LogP contribution in [-0.4, -0.2) is 5.11 Å². The number of furan rings is 1. The second-order valence-electron chi connectivity index (χ2n) is 4.15. The Labute approximate surface area is 103 Å². The molecule has 1 heterocycles. The average molecular weight is 242 g/mol. The van der Waals surface area contributed by atoms with Crippen LogP contribution in [0.25, 0.3) is 22.3 Å². The Balaban J connectivity index is 2.10. The van der Waals surface area contributed by atoms with E-state index in [1.54, 1.807) is 12.1 Å². The van der Waals surface area contributed by atoms with Crippen LogP contribution in [0.5, 0.6) is 0 Å². The largest absolute Gasteiger partial charge is 0.456 e. The Bertz CT molecular complexity index is 683. The molecule has 3 heteroatoms. The van der Waals surface area contributed by atoms with Crippen LogP contribution in [0.3, 0.4) is 0 Å². The van der Waals surface area contributed by atoms with Crippen LogP contribution in [0.4, 0.5) is 4.39 Å². The third kappa shape index (κ3) is 1.89. The summed E-state index contributed by atoms with van der Waals surface area (Å²) in [6.45, 7) is 0.00695. The SMILES string of the molecule is OCc1ccc2oc(-c3ccc(F)cc3)cc2c1. The summed E-state index contributed by atoms with van der Waals surface area (Å²) in [5.41, 5.74) is 2.43. The van der Waals surface area contributed by atoms with Crippen molar-refractivity contribution < 1.29 is 13.9 Å². The number of hydrogen-bond acceptors (Lipinski definition) is 2. The first-order valence-electron chi connectivity index (χ1n) is 5.65. The molecule has 0 aliphatic carbocycles.